The summed E-state index contributed by atoms with van der Waals surface area (Å²) in [7, 11) is 0. The Hall–Kier alpha value is -1.85. The largest absolute Gasteiger partial charge is 0.378 e. The average Bonchev–Trinajstić information content (AvgIpc) is 2.67. The number of carbonyl (C=O) groups excluding carboxylic acids is 2. The lowest BCUT2D eigenvalue weighted by Gasteiger charge is -2.40. The van der Waals surface area contributed by atoms with E-state index in [4.69, 9.17) is 4.74 Å². The minimum Gasteiger partial charge on any atom is -0.378 e. The van der Waals surface area contributed by atoms with Crippen LogP contribution in [0.1, 0.15) is 27.7 Å². The first-order valence-corrected chi connectivity index (χ1v) is 9.37. The van der Waals surface area contributed by atoms with Crippen LogP contribution in [0.25, 0.3) is 0 Å². The number of carbonyl (C=O) groups is 2. The molecule has 0 aromatic rings. The number of hydrogen-bond acceptors (Lipinski definition) is 5. The predicted octanol–water partition coefficient (Wildman–Crippen LogP) is 0.499. The number of hydrogen-bond donors (Lipinski definition) is 1. The van der Waals surface area contributed by atoms with Crippen LogP contribution in [-0.4, -0.2) is 90.7 Å². The van der Waals surface area contributed by atoms with Crippen molar-refractivity contribution in [2.45, 2.75) is 39.3 Å². The van der Waals surface area contributed by atoms with Crippen molar-refractivity contribution in [2.24, 2.45) is 5.92 Å². The second-order valence-electron chi connectivity index (χ2n) is 7.54. The van der Waals surface area contributed by atoms with E-state index < -0.39 is 5.54 Å². The molecule has 2 aliphatic heterocycles. The Kier molecular flexibility index (Phi) is 6.84. The fourth-order valence-electron chi connectivity index (χ4n) is 3.08. The van der Waals surface area contributed by atoms with Gasteiger partial charge in [0.25, 0.3) is 0 Å². The third kappa shape index (κ3) is 4.65. The summed E-state index contributed by atoms with van der Waals surface area (Å²) >= 11 is 0. The lowest BCUT2D eigenvalue weighted by Crippen LogP contribution is -2.60. The molecule has 8 nitrogen and oxygen atoms in total. The molecular weight excluding hydrogens is 334 g/mol. The second-order valence-corrected chi connectivity index (χ2v) is 7.54. The highest BCUT2D eigenvalue weighted by Gasteiger charge is 2.35. The van der Waals surface area contributed by atoms with Gasteiger partial charge in [0, 0.05) is 39.3 Å². The molecule has 0 aliphatic carbocycles. The van der Waals surface area contributed by atoms with E-state index in [-0.39, 0.29) is 23.9 Å². The maximum atomic E-state index is 12.6. The molecule has 2 saturated heterocycles. The number of nitrogens with zero attached hydrogens (tertiary/aromatic N) is 4. The summed E-state index contributed by atoms with van der Waals surface area (Å²) in [6.07, 6.45) is 0. The van der Waals surface area contributed by atoms with Crippen molar-refractivity contribution in [3.63, 3.8) is 0 Å². The molecule has 2 fully saturated rings. The van der Waals surface area contributed by atoms with E-state index in [2.05, 4.69) is 16.3 Å². The Bertz CT molecular complexity index is 548. The van der Waals surface area contributed by atoms with Gasteiger partial charge in [0.15, 0.2) is 0 Å². The second kappa shape index (κ2) is 8.69. The van der Waals surface area contributed by atoms with Gasteiger partial charge in [-0.2, -0.15) is 5.26 Å². The normalized spacial score (nSPS) is 22.5. The van der Waals surface area contributed by atoms with Crippen LogP contribution < -0.4 is 5.32 Å². The zero-order chi connectivity index (χ0) is 19.3. The monoisotopic (exact) mass is 365 g/mol. The summed E-state index contributed by atoms with van der Waals surface area (Å²) in [6, 6.07) is 1.93. The lowest BCUT2D eigenvalue weighted by atomic mass is 9.89. The first-order chi connectivity index (χ1) is 12.3. The molecule has 0 spiro atoms. The van der Waals surface area contributed by atoms with Gasteiger partial charge in [0.05, 0.1) is 25.3 Å². The number of rotatable bonds is 4. The Balaban J connectivity index is 1.85. The first-order valence-electron chi connectivity index (χ1n) is 9.37. The number of morpholine rings is 1. The number of piperazine rings is 1. The topological polar surface area (TPSA) is 88.9 Å². The molecule has 0 aromatic carbocycles. The fourth-order valence-corrected chi connectivity index (χ4v) is 3.08. The number of nitrogens with one attached hydrogen (secondary N) is 1. The molecule has 2 atom stereocenters. The molecule has 2 heterocycles. The molecule has 2 aliphatic rings. The van der Waals surface area contributed by atoms with Crippen LogP contribution >= 0.6 is 0 Å². The average molecular weight is 365 g/mol. The lowest BCUT2D eigenvalue weighted by molar-refractivity contribution is -0.128. The Morgan fingerprint density at radius 1 is 1.04 bits per heavy atom. The predicted molar refractivity (Wildman–Crippen MR) is 97.4 cm³/mol. The smallest absolute Gasteiger partial charge is 0.320 e. The highest BCUT2D eigenvalue weighted by molar-refractivity contribution is 5.82. The van der Waals surface area contributed by atoms with Crippen molar-refractivity contribution in [1.29, 1.82) is 5.26 Å². The Morgan fingerprint density at radius 2 is 1.58 bits per heavy atom. The molecule has 1 N–H and O–H groups in total. The third-order valence-electron chi connectivity index (χ3n) is 5.56. The van der Waals surface area contributed by atoms with Gasteiger partial charge in [-0.3, -0.25) is 9.69 Å². The maximum absolute atomic E-state index is 12.6. The van der Waals surface area contributed by atoms with E-state index in [9.17, 15) is 14.9 Å². The Labute approximate surface area is 156 Å². The van der Waals surface area contributed by atoms with Crippen LogP contribution in [-0.2, 0) is 9.53 Å². The number of nitriles is 1. The highest BCUT2D eigenvalue weighted by atomic mass is 16.5. The molecule has 2 rings (SSSR count). The summed E-state index contributed by atoms with van der Waals surface area (Å²) in [6.45, 7) is 12.4. The number of amides is 3. The summed E-state index contributed by atoms with van der Waals surface area (Å²) < 4.78 is 5.29. The number of urea groups is 1. The van der Waals surface area contributed by atoms with Crippen molar-refractivity contribution in [3.8, 4) is 6.07 Å². The zero-order valence-corrected chi connectivity index (χ0v) is 16.3. The van der Waals surface area contributed by atoms with Gasteiger partial charge in [-0.1, -0.05) is 13.8 Å². The van der Waals surface area contributed by atoms with Crippen LogP contribution in [0.3, 0.4) is 0 Å². The summed E-state index contributed by atoms with van der Waals surface area (Å²) in [5, 5.41) is 12.3. The molecule has 146 valence electrons. The van der Waals surface area contributed by atoms with Gasteiger partial charge in [0.1, 0.15) is 5.54 Å². The summed E-state index contributed by atoms with van der Waals surface area (Å²) in [4.78, 5) is 30.8. The first kappa shape index (κ1) is 20.5. The standard InChI is InChI=1S/C18H31N5O3/c1-14(2)18(4,13-19)20-16(24)15(3)21-5-7-22(8-6-21)17(25)23-9-11-26-12-10-23/h14-15H,5-12H2,1-4H3,(H,20,24)/t15-,18+/m1/s1. The quantitative estimate of drug-likeness (QED) is 0.784. The molecule has 0 aromatic heterocycles. The van der Waals surface area contributed by atoms with Crippen molar-refractivity contribution in [1.82, 2.24) is 20.0 Å². The Morgan fingerprint density at radius 3 is 2.08 bits per heavy atom. The van der Waals surface area contributed by atoms with Crippen LogP contribution in [0.15, 0.2) is 0 Å². The van der Waals surface area contributed by atoms with Gasteiger partial charge in [0.2, 0.25) is 5.91 Å². The van der Waals surface area contributed by atoms with E-state index >= 15 is 0 Å². The van der Waals surface area contributed by atoms with Crippen LogP contribution in [0.4, 0.5) is 4.79 Å². The van der Waals surface area contributed by atoms with Gasteiger partial charge >= 0.3 is 6.03 Å². The number of ether oxygens (including phenoxy) is 1. The molecule has 0 radical (unpaired) electrons. The van der Waals surface area contributed by atoms with Crippen molar-refractivity contribution >= 4 is 11.9 Å². The zero-order valence-electron chi connectivity index (χ0n) is 16.3. The van der Waals surface area contributed by atoms with Crippen molar-refractivity contribution < 1.29 is 14.3 Å². The molecule has 0 unspecified atom stereocenters. The van der Waals surface area contributed by atoms with E-state index in [1.54, 1.807) is 6.92 Å². The van der Waals surface area contributed by atoms with Gasteiger partial charge < -0.3 is 19.9 Å². The summed E-state index contributed by atoms with van der Waals surface area (Å²) in [5.41, 5.74) is -0.876. The van der Waals surface area contributed by atoms with E-state index in [1.165, 1.54) is 0 Å². The molecule has 0 saturated carbocycles. The molecule has 3 amide bonds. The highest BCUT2D eigenvalue weighted by Crippen LogP contribution is 2.17. The van der Waals surface area contributed by atoms with Crippen molar-refractivity contribution in [3.05, 3.63) is 0 Å². The van der Waals surface area contributed by atoms with E-state index in [0.29, 0.717) is 52.5 Å². The minimum atomic E-state index is -0.876. The molecule has 0 bridgehead atoms. The van der Waals surface area contributed by atoms with Crippen LogP contribution in [0.2, 0.25) is 0 Å². The SMILES string of the molecule is CC(C)[C@](C)(C#N)NC(=O)[C@@H](C)N1CCN(C(=O)N2CCOCC2)CC1. The maximum Gasteiger partial charge on any atom is 0.320 e. The van der Waals surface area contributed by atoms with Crippen LogP contribution in [0.5, 0.6) is 0 Å². The third-order valence-corrected chi connectivity index (χ3v) is 5.56. The van der Waals surface area contributed by atoms with E-state index in [1.807, 2.05) is 30.6 Å². The van der Waals surface area contributed by atoms with Gasteiger partial charge in [-0.25, -0.2) is 4.79 Å². The molecule has 8 heteroatoms. The minimum absolute atomic E-state index is 0.0200. The summed E-state index contributed by atoms with van der Waals surface area (Å²) in [5.74, 6) is -0.123. The van der Waals surface area contributed by atoms with E-state index in [0.717, 1.165) is 0 Å². The van der Waals surface area contributed by atoms with Gasteiger partial charge in [-0.15, -0.1) is 0 Å². The fraction of sp³-hybridized carbons (Fsp3) is 0.833. The van der Waals surface area contributed by atoms with Crippen LogP contribution in [0, 0.1) is 17.2 Å². The molecule has 26 heavy (non-hydrogen) atoms. The van der Waals surface area contributed by atoms with Crippen molar-refractivity contribution in [2.75, 3.05) is 52.5 Å². The van der Waals surface area contributed by atoms with Gasteiger partial charge in [-0.05, 0) is 19.8 Å². The molecular formula is C18H31N5O3.